The van der Waals surface area contributed by atoms with Crippen molar-refractivity contribution in [2.45, 2.75) is 24.5 Å². The van der Waals surface area contributed by atoms with Gasteiger partial charge in [-0.25, -0.2) is 0 Å². The van der Waals surface area contributed by atoms with Crippen LogP contribution < -0.4 is 10.6 Å². The minimum Gasteiger partial charge on any atom is -0.508 e. The molecule has 6 rings (SSSR count). The highest BCUT2D eigenvalue weighted by molar-refractivity contribution is 6.35. The minimum absolute atomic E-state index is 0.0242. The number of aromatic hydroxyl groups is 1. The number of likely N-dealkylation sites (tertiary alicyclic amines) is 1. The summed E-state index contributed by atoms with van der Waals surface area (Å²) in [5.74, 6) is -2.77. The number of rotatable bonds is 4. The lowest BCUT2D eigenvalue weighted by atomic mass is 9.76. The van der Waals surface area contributed by atoms with Gasteiger partial charge in [0.1, 0.15) is 11.3 Å². The van der Waals surface area contributed by atoms with Crippen molar-refractivity contribution in [3.8, 4) is 5.75 Å². The predicted molar refractivity (Wildman–Crippen MR) is 134 cm³/mol. The maximum absolute atomic E-state index is 13.9. The number of carbonyl (C=O) groups is 3. The molecule has 3 aliphatic rings. The molecule has 2 saturated heterocycles. The second-order valence-electron chi connectivity index (χ2n) is 9.40. The zero-order valence-corrected chi connectivity index (χ0v) is 20.4. The van der Waals surface area contributed by atoms with Gasteiger partial charge in [0.25, 0.3) is 0 Å². The van der Waals surface area contributed by atoms with Crippen molar-refractivity contribution in [1.82, 2.24) is 10.2 Å². The fraction of sp³-hybridized carbons (Fsp3) is 0.222. The summed E-state index contributed by atoms with van der Waals surface area (Å²) in [5.41, 5.74) is 1.08. The van der Waals surface area contributed by atoms with Gasteiger partial charge in [0.2, 0.25) is 17.7 Å². The SMILES string of the molecule is O=C1[C@@H]2[C@H](Cc3ccc(O)cc3)N[C@]3(C(=O)Nc4c(Cl)cccc43)[C@@H]2C(=O)N1Cc1ccccc1Cl. The molecule has 2 fully saturated rings. The van der Waals surface area contributed by atoms with E-state index in [9.17, 15) is 19.5 Å². The van der Waals surface area contributed by atoms with Crippen molar-refractivity contribution in [3.05, 3.63) is 93.5 Å². The summed E-state index contributed by atoms with van der Waals surface area (Å²) >= 11 is 12.7. The van der Waals surface area contributed by atoms with Crippen molar-refractivity contribution in [1.29, 1.82) is 0 Å². The fourth-order valence-corrected chi connectivity index (χ4v) is 6.28. The minimum atomic E-state index is -1.44. The average Bonchev–Trinajstić information content (AvgIpc) is 3.43. The van der Waals surface area contributed by atoms with E-state index in [4.69, 9.17) is 23.2 Å². The molecule has 7 nitrogen and oxygen atoms in total. The molecule has 0 unspecified atom stereocenters. The second-order valence-corrected chi connectivity index (χ2v) is 10.2. The first-order valence-electron chi connectivity index (χ1n) is 11.6. The zero-order valence-electron chi connectivity index (χ0n) is 18.9. The van der Waals surface area contributed by atoms with Gasteiger partial charge in [0.05, 0.1) is 29.1 Å². The molecule has 3 aromatic carbocycles. The van der Waals surface area contributed by atoms with Crippen LogP contribution in [0.1, 0.15) is 16.7 Å². The molecule has 0 aliphatic carbocycles. The molecule has 0 radical (unpaired) electrons. The van der Waals surface area contributed by atoms with Crippen LogP contribution in [0, 0.1) is 11.8 Å². The number of nitrogens with one attached hydrogen (secondary N) is 2. The van der Waals surface area contributed by atoms with E-state index in [1.165, 1.54) is 4.90 Å². The molecule has 3 amide bonds. The predicted octanol–water partition coefficient (Wildman–Crippen LogP) is 3.86. The highest BCUT2D eigenvalue weighted by Gasteiger charge is 2.70. The van der Waals surface area contributed by atoms with E-state index in [1.54, 1.807) is 66.7 Å². The largest absolute Gasteiger partial charge is 0.508 e. The second kappa shape index (κ2) is 8.34. The van der Waals surface area contributed by atoms with Gasteiger partial charge in [-0.2, -0.15) is 0 Å². The van der Waals surface area contributed by atoms with E-state index >= 15 is 0 Å². The van der Waals surface area contributed by atoms with E-state index < -0.39 is 35.2 Å². The van der Waals surface area contributed by atoms with Crippen LogP contribution in [0.2, 0.25) is 10.0 Å². The lowest BCUT2D eigenvalue weighted by Gasteiger charge is -2.29. The maximum atomic E-state index is 13.9. The van der Waals surface area contributed by atoms with Crippen molar-refractivity contribution in [2.75, 3.05) is 5.32 Å². The summed E-state index contributed by atoms with van der Waals surface area (Å²) in [5, 5.41) is 16.7. The number of carbonyl (C=O) groups excluding carboxylic acids is 3. The number of phenolic OH excluding ortho intramolecular Hbond substituents is 1. The molecule has 0 bridgehead atoms. The first kappa shape index (κ1) is 23.0. The van der Waals surface area contributed by atoms with Crippen LogP contribution in [0.3, 0.4) is 0 Å². The van der Waals surface area contributed by atoms with E-state index in [0.29, 0.717) is 33.3 Å². The molecule has 3 aromatic rings. The Balaban J connectivity index is 1.45. The lowest BCUT2D eigenvalue weighted by Crippen LogP contribution is -2.53. The Morgan fingerprint density at radius 3 is 2.36 bits per heavy atom. The molecule has 3 aliphatic heterocycles. The Kier molecular flexibility index (Phi) is 5.33. The summed E-state index contributed by atoms with van der Waals surface area (Å²) in [4.78, 5) is 42.6. The molecule has 1 spiro atoms. The molecule has 182 valence electrons. The van der Waals surface area contributed by atoms with Crippen molar-refractivity contribution >= 4 is 46.6 Å². The van der Waals surface area contributed by atoms with Gasteiger partial charge in [-0.15, -0.1) is 0 Å². The molecule has 3 heterocycles. The normalized spacial score (nSPS) is 26.4. The Morgan fingerprint density at radius 2 is 1.61 bits per heavy atom. The van der Waals surface area contributed by atoms with Gasteiger partial charge in [0.15, 0.2) is 0 Å². The Labute approximate surface area is 217 Å². The molecule has 36 heavy (non-hydrogen) atoms. The van der Waals surface area contributed by atoms with Gasteiger partial charge in [0, 0.05) is 16.6 Å². The third kappa shape index (κ3) is 3.27. The Morgan fingerprint density at radius 1 is 0.889 bits per heavy atom. The molecular formula is C27H21Cl2N3O4. The number of phenols is 1. The number of hydrogen-bond acceptors (Lipinski definition) is 5. The van der Waals surface area contributed by atoms with E-state index in [-0.39, 0.29) is 18.2 Å². The number of anilines is 1. The summed E-state index contributed by atoms with van der Waals surface area (Å²) in [6, 6.07) is 18.4. The number of hydrogen-bond donors (Lipinski definition) is 3. The Hall–Kier alpha value is -3.39. The summed E-state index contributed by atoms with van der Waals surface area (Å²) in [7, 11) is 0. The van der Waals surface area contributed by atoms with Gasteiger partial charge < -0.3 is 10.4 Å². The first-order chi connectivity index (χ1) is 17.3. The van der Waals surface area contributed by atoms with Crippen LogP contribution in [0.15, 0.2) is 66.7 Å². The molecule has 4 atom stereocenters. The average molecular weight is 522 g/mol. The fourth-order valence-electron chi connectivity index (χ4n) is 5.87. The molecule has 0 saturated carbocycles. The van der Waals surface area contributed by atoms with Crippen LogP contribution in [0.5, 0.6) is 5.75 Å². The van der Waals surface area contributed by atoms with Gasteiger partial charge >= 0.3 is 0 Å². The van der Waals surface area contributed by atoms with E-state index in [2.05, 4.69) is 10.6 Å². The number of nitrogens with zero attached hydrogens (tertiary/aromatic N) is 1. The zero-order chi connectivity index (χ0) is 25.2. The van der Waals surface area contributed by atoms with Crippen LogP contribution in [-0.4, -0.2) is 33.8 Å². The molecular weight excluding hydrogens is 501 g/mol. The standard InChI is InChI=1S/C27H21Cl2N3O4/c28-18-6-2-1-4-15(18)13-32-24(34)21-20(12-14-8-10-16(33)11-9-14)31-27(22(21)25(32)35)17-5-3-7-19(29)23(17)30-26(27)36/h1-11,20-22,31,33H,12-13H2,(H,30,36)/t20-,21+,22-,27-/m0/s1. The number of halogens is 2. The first-order valence-corrected chi connectivity index (χ1v) is 12.3. The van der Waals surface area contributed by atoms with Gasteiger partial charge in [-0.1, -0.05) is 65.7 Å². The Bertz CT molecular complexity index is 1430. The molecule has 3 N–H and O–H groups in total. The smallest absolute Gasteiger partial charge is 0.250 e. The van der Waals surface area contributed by atoms with Crippen molar-refractivity contribution in [3.63, 3.8) is 0 Å². The van der Waals surface area contributed by atoms with Crippen molar-refractivity contribution in [2.24, 2.45) is 11.8 Å². The number of fused-ring (bicyclic) bond motifs is 4. The van der Waals surface area contributed by atoms with E-state index in [1.807, 2.05) is 0 Å². The van der Waals surface area contributed by atoms with Crippen LogP contribution >= 0.6 is 23.2 Å². The lowest BCUT2D eigenvalue weighted by molar-refractivity contribution is -0.143. The quantitative estimate of drug-likeness (QED) is 0.452. The summed E-state index contributed by atoms with van der Waals surface area (Å²) < 4.78 is 0. The molecule has 0 aromatic heterocycles. The van der Waals surface area contributed by atoms with Gasteiger partial charge in [-0.3, -0.25) is 24.6 Å². The highest BCUT2D eigenvalue weighted by atomic mass is 35.5. The third-order valence-corrected chi connectivity index (χ3v) is 8.15. The monoisotopic (exact) mass is 521 g/mol. The van der Waals surface area contributed by atoms with E-state index in [0.717, 1.165) is 5.56 Å². The number of amides is 3. The van der Waals surface area contributed by atoms with Crippen LogP contribution in [-0.2, 0) is 32.9 Å². The number of imide groups is 1. The number of benzene rings is 3. The van der Waals surface area contributed by atoms with Crippen LogP contribution in [0.4, 0.5) is 5.69 Å². The third-order valence-electron chi connectivity index (χ3n) is 7.47. The molecule has 9 heteroatoms. The van der Waals surface area contributed by atoms with Crippen molar-refractivity contribution < 1.29 is 19.5 Å². The van der Waals surface area contributed by atoms with Gasteiger partial charge in [-0.05, 0) is 41.8 Å². The summed E-state index contributed by atoms with van der Waals surface area (Å²) in [6.45, 7) is 0.0242. The summed E-state index contributed by atoms with van der Waals surface area (Å²) in [6.07, 6.45) is 0.380. The topological polar surface area (TPSA) is 98.7 Å². The highest BCUT2D eigenvalue weighted by Crippen LogP contribution is 2.54. The number of para-hydroxylation sites is 1. The van der Waals surface area contributed by atoms with Crippen LogP contribution in [0.25, 0.3) is 0 Å². The maximum Gasteiger partial charge on any atom is 0.250 e.